The summed E-state index contributed by atoms with van der Waals surface area (Å²) in [5.74, 6) is 0.623. The van der Waals surface area contributed by atoms with Gasteiger partial charge >= 0.3 is 0 Å². The van der Waals surface area contributed by atoms with E-state index in [9.17, 15) is 13.2 Å². The number of carbonyl (C=O) groups excluding carboxylic acids is 1. The summed E-state index contributed by atoms with van der Waals surface area (Å²) in [5, 5.41) is 6.50. The normalized spacial score (nSPS) is 21.4. The van der Waals surface area contributed by atoms with Crippen molar-refractivity contribution in [1.29, 1.82) is 0 Å². The van der Waals surface area contributed by atoms with Crippen molar-refractivity contribution in [2.75, 3.05) is 56.6 Å². The topological polar surface area (TPSA) is 100 Å². The number of nitrogens with zero attached hydrogens (tertiary/aromatic N) is 2. The molecule has 0 saturated carbocycles. The molecule has 2 N–H and O–H groups in total. The lowest BCUT2D eigenvalue weighted by atomic mass is 9.95. The second-order valence-corrected chi connectivity index (χ2v) is 13.5. The lowest BCUT2D eigenvalue weighted by Crippen LogP contribution is -2.38. The zero-order valence-electron chi connectivity index (χ0n) is 24.3. The SMILES string of the molecule is C/C(=C1/C(=O)Nc2ccc(S(=O)(=O)N3CCc4ccccc4C3)cc21)C1Cc2cc(OCCN3CCOCC3)ccc2N1. The van der Waals surface area contributed by atoms with Crippen molar-refractivity contribution >= 4 is 32.9 Å². The van der Waals surface area contributed by atoms with Gasteiger partial charge in [0.2, 0.25) is 10.0 Å². The molecule has 0 aromatic heterocycles. The van der Waals surface area contributed by atoms with Crippen LogP contribution in [0.25, 0.3) is 5.57 Å². The maximum Gasteiger partial charge on any atom is 0.256 e. The first kappa shape index (κ1) is 28.1. The molecular weight excluding hydrogens is 564 g/mol. The van der Waals surface area contributed by atoms with E-state index in [-0.39, 0.29) is 16.8 Å². The number of morpholine rings is 1. The lowest BCUT2D eigenvalue weighted by Gasteiger charge is -2.28. The number of hydrogen-bond acceptors (Lipinski definition) is 7. The second kappa shape index (κ2) is 11.4. The average Bonchev–Trinajstić information content (AvgIpc) is 3.60. The maximum atomic E-state index is 13.7. The van der Waals surface area contributed by atoms with Crippen LogP contribution in [0.15, 0.2) is 71.1 Å². The third kappa shape index (κ3) is 5.44. The summed E-state index contributed by atoms with van der Waals surface area (Å²) in [4.78, 5) is 15.8. The van der Waals surface area contributed by atoms with Crippen molar-refractivity contribution in [3.05, 3.63) is 88.5 Å². The highest BCUT2D eigenvalue weighted by Gasteiger charge is 2.34. The highest BCUT2D eigenvalue weighted by Crippen LogP contribution is 2.40. The van der Waals surface area contributed by atoms with Gasteiger partial charge in [-0.2, -0.15) is 4.31 Å². The number of anilines is 2. The Bertz CT molecular complexity index is 1710. The average molecular weight is 601 g/mol. The van der Waals surface area contributed by atoms with Gasteiger partial charge in [-0.25, -0.2) is 8.42 Å². The Morgan fingerprint density at radius 2 is 1.77 bits per heavy atom. The Morgan fingerprint density at radius 1 is 0.977 bits per heavy atom. The highest BCUT2D eigenvalue weighted by atomic mass is 32.2. The molecule has 1 unspecified atom stereocenters. The van der Waals surface area contributed by atoms with Gasteiger partial charge in [0.15, 0.2) is 0 Å². The fourth-order valence-electron chi connectivity index (χ4n) is 6.50. The summed E-state index contributed by atoms with van der Waals surface area (Å²) in [5.41, 5.74) is 7.05. The van der Waals surface area contributed by atoms with Crippen molar-refractivity contribution in [3.63, 3.8) is 0 Å². The molecule has 1 fully saturated rings. The zero-order valence-corrected chi connectivity index (χ0v) is 25.1. The van der Waals surface area contributed by atoms with Crippen molar-refractivity contribution in [2.24, 2.45) is 0 Å². The first-order valence-electron chi connectivity index (χ1n) is 14.9. The molecule has 224 valence electrons. The van der Waals surface area contributed by atoms with E-state index < -0.39 is 10.0 Å². The van der Waals surface area contributed by atoms with Crippen molar-refractivity contribution in [3.8, 4) is 5.75 Å². The summed E-state index contributed by atoms with van der Waals surface area (Å²) >= 11 is 0. The molecule has 4 aliphatic rings. The van der Waals surface area contributed by atoms with Gasteiger partial charge in [0.1, 0.15) is 12.4 Å². The van der Waals surface area contributed by atoms with Crippen LogP contribution in [0, 0.1) is 0 Å². The van der Waals surface area contributed by atoms with Gasteiger partial charge in [0, 0.05) is 49.7 Å². The number of rotatable bonds is 7. The molecule has 4 aliphatic heterocycles. The number of hydrogen-bond donors (Lipinski definition) is 2. The molecule has 43 heavy (non-hydrogen) atoms. The quantitative estimate of drug-likeness (QED) is 0.397. The van der Waals surface area contributed by atoms with Gasteiger partial charge in [-0.1, -0.05) is 24.3 Å². The molecule has 1 atom stereocenters. The lowest BCUT2D eigenvalue weighted by molar-refractivity contribution is -0.110. The van der Waals surface area contributed by atoms with Crippen molar-refractivity contribution < 1.29 is 22.7 Å². The Morgan fingerprint density at radius 3 is 2.60 bits per heavy atom. The van der Waals surface area contributed by atoms with Crippen molar-refractivity contribution in [1.82, 2.24) is 9.21 Å². The molecule has 1 amide bonds. The van der Waals surface area contributed by atoms with Gasteiger partial charge in [0.05, 0.1) is 29.7 Å². The molecule has 1 saturated heterocycles. The van der Waals surface area contributed by atoms with Gasteiger partial charge in [-0.15, -0.1) is 0 Å². The summed E-state index contributed by atoms with van der Waals surface area (Å²) in [6.07, 6.45) is 1.39. The molecule has 3 aromatic carbocycles. The van der Waals surface area contributed by atoms with Crippen LogP contribution in [0.1, 0.15) is 29.2 Å². The Labute approximate surface area is 252 Å². The molecule has 9 nitrogen and oxygen atoms in total. The fraction of sp³-hybridized carbons (Fsp3) is 0.364. The molecule has 3 aromatic rings. The van der Waals surface area contributed by atoms with E-state index in [4.69, 9.17) is 9.47 Å². The molecule has 10 heteroatoms. The largest absolute Gasteiger partial charge is 0.492 e. The van der Waals surface area contributed by atoms with Crippen LogP contribution in [0.3, 0.4) is 0 Å². The van der Waals surface area contributed by atoms with Crippen molar-refractivity contribution in [2.45, 2.75) is 37.2 Å². The summed E-state index contributed by atoms with van der Waals surface area (Å²) < 4.78 is 40.5. The predicted molar refractivity (Wildman–Crippen MR) is 166 cm³/mol. The van der Waals surface area contributed by atoms with Crippen LogP contribution < -0.4 is 15.4 Å². The van der Waals surface area contributed by atoms with E-state index in [2.05, 4.69) is 27.7 Å². The van der Waals surface area contributed by atoms with Crippen LogP contribution in [-0.2, 0) is 38.9 Å². The van der Waals surface area contributed by atoms with E-state index in [1.54, 1.807) is 18.2 Å². The summed E-state index contributed by atoms with van der Waals surface area (Å²) in [7, 11) is -3.74. The third-order valence-electron chi connectivity index (χ3n) is 9.00. The Kier molecular flexibility index (Phi) is 7.46. The van der Waals surface area contributed by atoms with Gasteiger partial charge < -0.3 is 20.1 Å². The van der Waals surface area contributed by atoms with Gasteiger partial charge in [-0.3, -0.25) is 9.69 Å². The minimum atomic E-state index is -3.74. The number of nitrogens with one attached hydrogen (secondary N) is 2. The van der Waals surface area contributed by atoms with E-state index in [1.165, 1.54) is 9.87 Å². The maximum absolute atomic E-state index is 13.7. The van der Waals surface area contributed by atoms with E-state index in [0.29, 0.717) is 49.4 Å². The van der Waals surface area contributed by atoms with Crippen LogP contribution in [0.2, 0.25) is 0 Å². The minimum Gasteiger partial charge on any atom is -0.492 e. The summed E-state index contributed by atoms with van der Waals surface area (Å²) in [6.45, 7) is 7.62. The molecule has 0 spiro atoms. The number of ether oxygens (including phenoxy) is 2. The predicted octanol–water partition coefficient (Wildman–Crippen LogP) is 3.91. The van der Waals surface area contributed by atoms with E-state index >= 15 is 0 Å². The molecule has 0 aliphatic carbocycles. The molecule has 4 heterocycles. The highest BCUT2D eigenvalue weighted by molar-refractivity contribution is 7.89. The molecule has 0 bridgehead atoms. The van der Waals surface area contributed by atoms with Crippen LogP contribution in [-0.4, -0.2) is 75.6 Å². The number of carbonyl (C=O) groups is 1. The first-order valence-corrected chi connectivity index (χ1v) is 16.4. The molecular formula is C33H36N4O5S. The Balaban J connectivity index is 1.09. The van der Waals surface area contributed by atoms with Crippen LogP contribution >= 0.6 is 0 Å². The van der Waals surface area contributed by atoms with Gasteiger partial charge in [0.25, 0.3) is 5.91 Å². The standard InChI is InChI=1S/C33H36N4O5S/c1-22(31-19-25-18-26(6-8-29(25)34-31)42-17-14-36-12-15-41-16-13-36)32-28-20-27(7-9-30(28)35-33(32)38)43(39,40)37-11-10-23-4-2-3-5-24(23)21-37/h2-9,18,20,31,34H,10-17,19,21H2,1H3,(H,35,38)/b32-22-. The number of sulfonamides is 1. The fourth-order valence-corrected chi connectivity index (χ4v) is 7.95. The monoisotopic (exact) mass is 600 g/mol. The summed E-state index contributed by atoms with van der Waals surface area (Å²) in [6, 6.07) is 18.9. The smallest absolute Gasteiger partial charge is 0.256 e. The first-order chi connectivity index (χ1) is 20.9. The second-order valence-electron chi connectivity index (χ2n) is 11.6. The van der Waals surface area contributed by atoms with Gasteiger partial charge in [-0.05, 0) is 78.4 Å². The number of amides is 1. The molecule has 7 rings (SSSR count). The minimum absolute atomic E-state index is 0.0934. The number of fused-ring (bicyclic) bond motifs is 3. The van der Waals surface area contributed by atoms with E-state index in [0.717, 1.165) is 61.0 Å². The van der Waals surface area contributed by atoms with Crippen LogP contribution in [0.4, 0.5) is 11.4 Å². The third-order valence-corrected chi connectivity index (χ3v) is 10.8. The van der Waals surface area contributed by atoms with E-state index in [1.807, 2.05) is 37.3 Å². The number of benzene rings is 3. The zero-order chi connectivity index (χ0) is 29.6. The Hall–Kier alpha value is -3.70. The molecule has 0 radical (unpaired) electrons. The van der Waals surface area contributed by atoms with Crippen LogP contribution in [0.5, 0.6) is 5.75 Å².